The molecule has 0 atom stereocenters. The van der Waals surface area contributed by atoms with E-state index < -0.39 is 29.1 Å². The number of aromatic carboxylic acids is 1. The first-order chi connectivity index (χ1) is 17.8. The molecule has 3 aromatic carbocycles. The molecule has 0 fully saturated rings. The number of aryl methyl sites for hydroxylation is 1. The number of carbonyl (C=O) groups excluding carboxylic acids is 1. The number of phenolic OH excluding ortho intramolecular Hbond substituents is 1. The molecule has 1 heterocycles. The number of amides is 1. The second-order valence-corrected chi connectivity index (χ2v) is 10.0. The molecule has 0 aliphatic heterocycles. The molecule has 198 valence electrons. The number of halogens is 2. The second-order valence-electron chi connectivity index (χ2n) is 10.0. The van der Waals surface area contributed by atoms with Crippen molar-refractivity contribution in [3.05, 3.63) is 83.1 Å². The smallest absolute Gasteiger partial charge is 0.409 e. The highest BCUT2D eigenvalue weighted by Crippen LogP contribution is 2.46. The summed E-state index contributed by atoms with van der Waals surface area (Å²) in [6, 6.07) is 12.8. The van der Waals surface area contributed by atoms with Gasteiger partial charge in [-0.15, -0.1) is 0 Å². The Kier molecular flexibility index (Phi) is 6.88. The van der Waals surface area contributed by atoms with E-state index >= 15 is 0 Å². The summed E-state index contributed by atoms with van der Waals surface area (Å²) < 4.78 is 36.2. The molecule has 4 rings (SSSR count). The lowest BCUT2D eigenvalue weighted by atomic mass is 9.84. The van der Waals surface area contributed by atoms with Crippen LogP contribution in [0.15, 0.2) is 54.6 Å². The van der Waals surface area contributed by atoms with Crippen LogP contribution in [0, 0.1) is 18.6 Å². The molecule has 0 aliphatic carbocycles. The van der Waals surface area contributed by atoms with Crippen molar-refractivity contribution in [1.82, 2.24) is 9.47 Å². The molecule has 0 bridgehead atoms. The maximum Gasteiger partial charge on any atom is 0.409 e. The molecule has 1 amide bonds. The third-order valence-electron chi connectivity index (χ3n) is 6.39. The average molecular weight is 523 g/mol. The molecule has 1 aromatic heterocycles. The quantitative estimate of drug-likeness (QED) is 0.312. The van der Waals surface area contributed by atoms with Gasteiger partial charge in [-0.1, -0.05) is 19.9 Å². The summed E-state index contributed by atoms with van der Waals surface area (Å²) in [7, 11) is 3.12. The first-order valence-electron chi connectivity index (χ1n) is 11.8. The van der Waals surface area contributed by atoms with Gasteiger partial charge >= 0.3 is 12.1 Å². The van der Waals surface area contributed by atoms with E-state index in [0.29, 0.717) is 33.5 Å². The van der Waals surface area contributed by atoms with Gasteiger partial charge in [0.15, 0.2) is 0 Å². The van der Waals surface area contributed by atoms with Gasteiger partial charge in [-0.05, 0) is 60.5 Å². The molecule has 2 N–H and O–H groups in total. The predicted octanol–water partition coefficient (Wildman–Crippen LogP) is 6.26. The lowest BCUT2D eigenvalue weighted by molar-refractivity contribution is 0.0696. The maximum atomic E-state index is 14.7. The van der Waals surface area contributed by atoms with Gasteiger partial charge in [0.05, 0.1) is 11.1 Å². The van der Waals surface area contributed by atoms with Gasteiger partial charge in [0.1, 0.15) is 24.0 Å². The highest BCUT2D eigenvalue weighted by Gasteiger charge is 2.34. The molecule has 0 spiro atoms. The molecular formula is C29H28F2N2O5. The van der Waals surface area contributed by atoms with E-state index in [1.54, 1.807) is 49.9 Å². The van der Waals surface area contributed by atoms with Gasteiger partial charge in [0.2, 0.25) is 0 Å². The second kappa shape index (κ2) is 9.81. The summed E-state index contributed by atoms with van der Waals surface area (Å²) in [5.41, 5.74) is 1.93. The Hall–Kier alpha value is -4.40. The zero-order valence-electron chi connectivity index (χ0n) is 21.7. The van der Waals surface area contributed by atoms with Crippen LogP contribution in [0.4, 0.5) is 13.6 Å². The fraction of sp³-hybridized carbons (Fsp3) is 0.241. The molecular weight excluding hydrogens is 494 g/mol. The lowest BCUT2D eigenvalue weighted by Crippen LogP contribution is -2.32. The minimum absolute atomic E-state index is 0.0654. The van der Waals surface area contributed by atoms with Crippen LogP contribution in [0.5, 0.6) is 5.75 Å². The van der Waals surface area contributed by atoms with Crippen molar-refractivity contribution in [2.24, 2.45) is 0 Å². The van der Waals surface area contributed by atoms with Crippen molar-refractivity contribution in [3.63, 3.8) is 0 Å². The third kappa shape index (κ3) is 4.79. The molecule has 0 radical (unpaired) electrons. The number of carboxylic acid groups (broad SMARTS) is 1. The number of hydrogen-bond acceptors (Lipinski definition) is 4. The summed E-state index contributed by atoms with van der Waals surface area (Å²) in [6.45, 7) is 5.20. The van der Waals surface area contributed by atoms with Crippen molar-refractivity contribution in [2.45, 2.75) is 26.2 Å². The van der Waals surface area contributed by atoms with Crippen LogP contribution < -0.4 is 0 Å². The molecule has 38 heavy (non-hydrogen) atoms. The van der Waals surface area contributed by atoms with Crippen molar-refractivity contribution in [1.29, 1.82) is 0 Å². The van der Waals surface area contributed by atoms with E-state index in [1.165, 1.54) is 29.2 Å². The van der Waals surface area contributed by atoms with E-state index in [0.717, 1.165) is 6.07 Å². The van der Waals surface area contributed by atoms with E-state index in [2.05, 4.69) is 0 Å². The molecule has 0 unspecified atom stereocenters. The Labute approximate surface area is 218 Å². The normalized spacial score (nSPS) is 11.6. The number of phenols is 1. The van der Waals surface area contributed by atoms with Gasteiger partial charge in [0, 0.05) is 47.9 Å². The highest BCUT2D eigenvalue weighted by molar-refractivity contribution is 6.02. The van der Waals surface area contributed by atoms with E-state index in [9.17, 15) is 28.6 Å². The maximum absolute atomic E-state index is 14.7. The Morgan fingerprint density at radius 1 is 1.03 bits per heavy atom. The molecule has 0 saturated carbocycles. The average Bonchev–Trinajstić information content (AvgIpc) is 3.20. The molecule has 9 heteroatoms. The minimum Gasteiger partial charge on any atom is -0.506 e. The lowest BCUT2D eigenvalue weighted by Gasteiger charge is -2.29. The Balaban J connectivity index is 2.12. The van der Waals surface area contributed by atoms with Gasteiger partial charge in [-0.25, -0.2) is 18.4 Å². The van der Waals surface area contributed by atoms with Gasteiger partial charge < -0.3 is 24.4 Å². The van der Waals surface area contributed by atoms with Gasteiger partial charge in [-0.2, -0.15) is 0 Å². The molecule has 7 nitrogen and oxygen atoms in total. The topological polar surface area (TPSA) is 92.0 Å². The number of nitrogens with zero attached hydrogens (tertiary/aromatic N) is 2. The van der Waals surface area contributed by atoms with Crippen LogP contribution in [0.2, 0.25) is 0 Å². The standard InChI is InChI=1S/C29H28F2N2O5/c1-16-12-18(8-11-22(16)31)24-21-13-19(30)14-23(34)25(21)33(20-9-6-17(7-10-20)27(35)36)26(24)29(2,3)15-38-28(37)32(4)5/h6-14,34H,15H2,1-5H3,(H,35,36). The number of fused-ring (bicyclic) bond motifs is 1. The minimum atomic E-state index is -1.10. The van der Waals surface area contributed by atoms with Crippen molar-refractivity contribution < 1.29 is 33.3 Å². The zero-order chi connectivity index (χ0) is 27.9. The molecule has 0 saturated heterocycles. The summed E-state index contributed by atoms with van der Waals surface area (Å²) >= 11 is 0. The highest BCUT2D eigenvalue weighted by atomic mass is 19.1. The fourth-order valence-corrected chi connectivity index (χ4v) is 4.55. The predicted molar refractivity (Wildman–Crippen MR) is 140 cm³/mol. The molecule has 4 aromatic rings. The number of carboxylic acids is 1. The van der Waals surface area contributed by atoms with Gasteiger partial charge in [0.25, 0.3) is 0 Å². The van der Waals surface area contributed by atoms with Crippen molar-refractivity contribution >= 4 is 23.0 Å². The number of aromatic nitrogens is 1. The van der Waals surface area contributed by atoms with E-state index in [-0.39, 0.29) is 23.4 Å². The summed E-state index contributed by atoms with van der Waals surface area (Å²) in [5.74, 6) is -2.51. The SMILES string of the molecule is Cc1cc(-c2c(C(C)(C)COC(=O)N(C)C)n(-c3ccc(C(=O)O)cc3)c3c(O)cc(F)cc23)ccc1F. The summed E-state index contributed by atoms with van der Waals surface area (Å²) in [4.78, 5) is 25.0. The Morgan fingerprint density at radius 3 is 2.26 bits per heavy atom. The largest absolute Gasteiger partial charge is 0.506 e. The van der Waals surface area contributed by atoms with Crippen LogP contribution in [0.3, 0.4) is 0 Å². The fourth-order valence-electron chi connectivity index (χ4n) is 4.55. The zero-order valence-corrected chi connectivity index (χ0v) is 21.7. The first-order valence-corrected chi connectivity index (χ1v) is 11.8. The van der Waals surface area contributed by atoms with Crippen LogP contribution in [-0.2, 0) is 10.2 Å². The number of aromatic hydroxyl groups is 1. The number of benzene rings is 3. The number of ether oxygens (including phenoxy) is 1. The van der Waals surface area contributed by atoms with Crippen molar-refractivity contribution in [3.8, 4) is 22.6 Å². The van der Waals surface area contributed by atoms with Crippen LogP contribution in [-0.4, -0.2) is 52.4 Å². The number of carbonyl (C=O) groups is 2. The first kappa shape index (κ1) is 26.7. The van der Waals surface area contributed by atoms with Crippen LogP contribution >= 0.6 is 0 Å². The number of rotatable bonds is 6. The Bertz CT molecular complexity index is 1560. The van der Waals surface area contributed by atoms with Crippen molar-refractivity contribution in [2.75, 3.05) is 20.7 Å². The summed E-state index contributed by atoms with van der Waals surface area (Å²) in [5, 5.41) is 20.7. The summed E-state index contributed by atoms with van der Waals surface area (Å²) in [6.07, 6.45) is -0.556. The van der Waals surface area contributed by atoms with Crippen LogP contribution in [0.25, 0.3) is 27.7 Å². The van der Waals surface area contributed by atoms with E-state index in [4.69, 9.17) is 4.74 Å². The monoisotopic (exact) mass is 522 g/mol. The third-order valence-corrected chi connectivity index (χ3v) is 6.39. The van der Waals surface area contributed by atoms with E-state index in [1.807, 2.05) is 13.8 Å². The number of hydrogen-bond donors (Lipinski definition) is 2. The molecule has 0 aliphatic rings. The van der Waals surface area contributed by atoms with Gasteiger partial charge in [-0.3, -0.25) is 0 Å². The van der Waals surface area contributed by atoms with Crippen LogP contribution in [0.1, 0.15) is 35.5 Å². The Morgan fingerprint density at radius 2 is 1.68 bits per heavy atom.